The van der Waals surface area contributed by atoms with Gasteiger partial charge in [0.15, 0.2) is 5.96 Å². The Labute approximate surface area is 88.3 Å². The second kappa shape index (κ2) is 5.59. The van der Waals surface area contributed by atoms with Crippen LogP contribution in [0.5, 0.6) is 0 Å². The van der Waals surface area contributed by atoms with Gasteiger partial charge in [-0.15, -0.1) is 11.3 Å². The molecule has 14 heavy (non-hydrogen) atoms. The fourth-order valence-corrected chi connectivity index (χ4v) is 1.42. The second-order valence-corrected chi connectivity index (χ2v) is 4.06. The molecule has 0 aliphatic heterocycles. The van der Waals surface area contributed by atoms with Gasteiger partial charge in [0.05, 0.1) is 6.54 Å². The van der Waals surface area contributed by atoms with E-state index in [1.165, 1.54) is 0 Å². The van der Waals surface area contributed by atoms with Gasteiger partial charge in [-0.05, 0) is 13.3 Å². The predicted octanol–water partition coefficient (Wildman–Crippen LogP) is 1.35. The van der Waals surface area contributed by atoms with E-state index in [9.17, 15) is 0 Å². The highest BCUT2D eigenvalue weighted by Crippen LogP contribution is 2.04. The third-order valence-corrected chi connectivity index (χ3v) is 2.64. The lowest BCUT2D eigenvalue weighted by Gasteiger charge is -2.11. The lowest BCUT2D eigenvalue weighted by molar-refractivity contribution is 0.636. The Kier molecular flexibility index (Phi) is 4.39. The average molecular weight is 212 g/mol. The number of rotatable bonds is 4. The van der Waals surface area contributed by atoms with Crippen LogP contribution in [0.3, 0.4) is 0 Å². The largest absolute Gasteiger partial charge is 0.370 e. The van der Waals surface area contributed by atoms with E-state index in [1.54, 1.807) is 17.5 Å². The van der Waals surface area contributed by atoms with Gasteiger partial charge in [0.25, 0.3) is 0 Å². The van der Waals surface area contributed by atoms with E-state index in [2.05, 4.69) is 29.1 Å². The Balaban J connectivity index is 2.37. The fraction of sp³-hybridized carbons (Fsp3) is 0.556. The molecule has 0 saturated carbocycles. The molecule has 0 saturated heterocycles. The topological polar surface area (TPSA) is 63.3 Å². The monoisotopic (exact) mass is 212 g/mol. The minimum atomic E-state index is 0.370. The lowest BCUT2D eigenvalue weighted by atomic mass is 10.3. The van der Waals surface area contributed by atoms with Gasteiger partial charge < -0.3 is 11.1 Å². The summed E-state index contributed by atoms with van der Waals surface area (Å²) in [5.74, 6) is 0.495. The first-order valence-corrected chi connectivity index (χ1v) is 5.55. The first-order chi connectivity index (χ1) is 6.72. The van der Waals surface area contributed by atoms with Gasteiger partial charge >= 0.3 is 0 Å². The summed E-state index contributed by atoms with van der Waals surface area (Å²) >= 11 is 1.59. The zero-order valence-electron chi connectivity index (χ0n) is 8.53. The number of aromatic nitrogens is 1. The van der Waals surface area contributed by atoms with Crippen molar-refractivity contribution in [2.75, 3.05) is 0 Å². The van der Waals surface area contributed by atoms with Crippen molar-refractivity contribution >= 4 is 17.3 Å². The van der Waals surface area contributed by atoms with Gasteiger partial charge in [-0.1, -0.05) is 6.92 Å². The summed E-state index contributed by atoms with van der Waals surface area (Å²) in [5.41, 5.74) is 5.68. The molecule has 0 bridgehead atoms. The quantitative estimate of drug-likeness (QED) is 0.585. The third kappa shape index (κ3) is 3.74. The van der Waals surface area contributed by atoms with Crippen LogP contribution < -0.4 is 11.1 Å². The normalized spacial score (nSPS) is 14.0. The molecule has 0 amide bonds. The van der Waals surface area contributed by atoms with Crippen molar-refractivity contribution < 1.29 is 0 Å². The second-order valence-electron chi connectivity index (χ2n) is 3.08. The first kappa shape index (κ1) is 11.0. The van der Waals surface area contributed by atoms with Crippen LogP contribution in [0.25, 0.3) is 0 Å². The van der Waals surface area contributed by atoms with Crippen LogP contribution in [0.1, 0.15) is 25.3 Å². The molecule has 0 radical (unpaired) electrons. The molecule has 0 spiro atoms. The van der Waals surface area contributed by atoms with Crippen LogP contribution in [-0.4, -0.2) is 17.0 Å². The highest BCUT2D eigenvalue weighted by Gasteiger charge is 1.99. The number of thiazole rings is 1. The van der Waals surface area contributed by atoms with Crippen molar-refractivity contribution in [3.8, 4) is 0 Å². The summed E-state index contributed by atoms with van der Waals surface area (Å²) in [6.07, 6.45) is 2.81. The van der Waals surface area contributed by atoms with Gasteiger partial charge in [-0.2, -0.15) is 0 Å². The number of aliphatic imine (C=N–C) groups is 1. The number of hydrogen-bond donors (Lipinski definition) is 2. The Morgan fingerprint density at radius 2 is 2.57 bits per heavy atom. The highest BCUT2D eigenvalue weighted by molar-refractivity contribution is 7.09. The summed E-state index contributed by atoms with van der Waals surface area (Å²) in [5, 5.41) is 6.02. The molecule has 1 aromatic heterocycles. The van der Waals surface area contributed by atoms with Crippen molar-refractivity contribution in [1.29, 1.82) is 0 Å². The minimum Gasteiger partial charge on any atom is -0.370 e. The molecule has 1 rings (SSSR count). The van der Waals surface area contributed by atoms with E-state index in [1.807, 2.05) is 5.38 Å². The van der Waals surface area contributed by atoms with Crippen molar-refractivity contribution in [2.45, 2.75) is 32.9 Å². The smallest absolute Gasteiger partial charge is 0.189 e. The summed E-state index contributed by atoms with van der Waals surface area (Å²) in [4.78, 5) is 8.30. The van der Waals surface area contributed by atoms with Crippen molar-refractivity contribution in [3.63, 3.8) is 0 Å². The number of nitrogens with one attached hydrogen (secondary N) is 1. The van der Waals surface area contributed by atoms with E-state index >= 15 is 0 Å². The van der Waals surface area contributed by atoms with Crippen LogP contribution in [0.2, 0.25) is 0 Å². The predicted molar refractivity (Wildman–Crippen MR) is 60.3 cm³/mol. The van der Waals surface area contributed by atoms with Gasteiger partial charge in [0, 0.05) is 17.6 Å². The van der Waals surface area contributed by atoms with Crippen LogP contribution >= 0.6 is 11.3 Å². The molecule has 4 nitrogen and oxygen atoms in total. The van der Waals surface area contributed by atoms with Gasteiger partial charge in [-0.3, -0.25) is 0 Å². The van der Waals surface area contributed by atoms with Crippen LogP contribution in [-0.2, 0) is 6.54 Å². The Hall–Kier alpha value is -1.10. The minimum absolute atomic E-state index is 0.370. The molecule has 0 aliphatic carbocycles. The molecule has 0 aliphatic rings. The summed E-state index contributed by atoms with van der Waals surface area (Å²) < 4.78 is 0. The maximum absolute atomic E-state index is 5.68. The number of guanidine groups is 1. The zero-order valence-corrected chi connectivity index (χ0v) is 9.34. The van der Waals surface area contributed by atoms with E-state index in [-0.39, 0.29) is 0 Å². The van der Waals surface area contributed by atoms with E-state index in [0.29, 0.717) is 18.5 Å². The molecule has 1 unspecified atom stereocenters. The summed E-state index contributed by atoms with van der Waals surface area (Å²) in [6.45, 7) is 4.74. The van der Waals surface area contributed by atoms with Crippen LogP contribution in [0.4, 0.5) is 0 Å². The number of hydrogen-bond acceptors (Lipinski definition) is 3. The SMILES string of the molecule is CCC(C)NC(N)=NCc1nccs1. The van der Waals surface area contributed by atoms with E-state index in [0.717, 1.165) is 11.4 Å². The van der Waals surface area contributed by atoms with Crippen molar-refractivity contribution in [2.24, 2.45) is 10.7 Å². The summed E-state index contributed by atoms with van der Waals surface area (Å²) in [7, 11) is 0. The maximum atomic E-state index is 5.68. The molecular formula is C9H16N4S. The molecule has 0 aromatic carbocycles. The molecule has 78 valence electrons. The van der Waals surface area contributed by atoms with Gasteiger partial charge in [-0.25, -0.2) is 9.98 Å². The maximum Gasteiger partial charge on any atom is 0.189 e. The third-order valence-electron chi connectivity index (χ3n) is 1.87. The first-order valence-electron chi connectivity index (χ1n) is 4.67. The lowest BCUT2D eigenvalue weighted by Crippen LogP contribution is -2.38. The molecule has 1 heterocycles. The van der Waals surface area contributed by atoms with E-state index < -0.39 is 0 Å². The Morgan fingerprint density at radius 1 is 1.79 bits per heavy atom. The molecule has 3 N–H and O–H groups in total. The average Bonchev–Trinajstić information content (AvgIpc) is 2.67. The van der Waals surface area contributed by atoms with Crippen LogP contribution in [0, 0.1) is 0 Å². The van der Waals surface area contributed by atoms with Crippen molar-refractivity contribution in [1.82, 2.24) is 10.3 Å². The number of nitrogens with two attached hydrogens (primary N) is 1. The summed E-state index contributed by atoms with van der Waals surface area (Å²) in [6, 6.07) is 0.370. The van der Waals surface area contributed by atoms with Crippen molar-refractivity contribution in [3.05, 3.63) is 16.6 Å². The standard InChI is InChI=1S/C9H16N4S/c1-3-7(2)13-9(10)12-6-8-11-4-5-14-8/h4-5,7H,3,6H2,1-2H3,(H3,10,12,13). The highest BCUT2D eigenvalue weighted by atomic mass is 32.1. The molecule has 1 aromatic rings. The zero-order chi connectivity index (χ0) is 10.4. The number of nitrogens with zero attached hydrogens (tertiary/aromatic N) is 2. The molecule has 0 fully saturated rings. The Morgan fingerprint density at radius 3 is 3.14 bits per heavy atom. The van der Waals surface area contributed by atoms with Gasteiger partial charge in [0.1, 0.15) is 5.01 Å². The molecular weight excluding hydrogens is 196 g/mol. The van der Waals surface area contributed by atoms with Gasteiger partial charge in [0.2, 0.25) is 0 Å². The Bertz CT molecular complexity index is 281. The molecule has 5 heteroatoms. The molecule has 1 atom stereocenters. The van der Waals surface area contributed by atoms with E-state index in [4.69, 9.17) is 5.73 Å². The fourth-order valence-electron chi connectivity index (χ4n) is 0.884. The van der Waals surface area contributed by atoms with Crippen LogP contribution in [0.15, 0.2) is 16.6 Å².